The topological polar surface area (TPSA) is 203 Å². The molecule has 2 aliphatic heterocycles. The lowest BCUT2D eigenvalue weighted by molar-refractivity contribution is -0.122. The number of nitrogens with two attached hydrogens (primary N) is 1. The number of amides is 3. The van der Waals surface area contributed by atoms with E-state index < -0.39 is 30.1 Å². The fourth-order valence-corrected chi connectivity index (χ4v) is 7.63. The van der Waals surface area contributed by atoms with Gasteiger partial charge >= 0.3 is 5.97 Å². The zero-order valence-electron chi connectivity index (χ0n) is 33.0. The van der Waals surface area contributed by atoms with Crippen molar-refractivity contribution in [3.05, 3.63) is 141 Å². The van der Waals surface area contributed by atoms with E-state index in [1.807, 2.05) is 60.7 Å². The Bertz CT molecular complexity index is 2400. The normalized spacial score (nSPS) is 17.9. The number of nitrogens with zero attached hydrogens (tertiary/aromatic N) is 6. The molecule has 4 aromatic heterocycles. The van der Waals surface area contributed by atoms with E-state index in [2.05, 4.69) is 25.3 Å². The molecule has 0 spiro atoms. The maximum absolute atomic E-state index is 12.9. The molecule has 60 heavy (non-hydrogen) atoms. The lowest BCUT2D eigenvalue weighted by Crippen LogP contribution is -2.53. The van der Waals surface area contributed by atoms with Gasteiger partial charge in [-0.2, -0.15) is 0 Å². The number of carboxylic acid groups (broad SMARTS) is 1. The quantitative estimate of drug-likeness (QED) is 0.178. The molecule has 8 rings (SSSR count). The molecule has 4 atom stereocenters. The molecule has 312 valence electrons. The molecule has 0 unspecified atom stereocenters. The molecule has 0 fully saturated rings. The molecular weight excluding hydrogens is 828 g/mol. The highest BCUT2D eigenvalue weighted by atomic mass is 35.5. The summed E-state index contributed by atoms with van der Waals surface area (Å²) >= 11 is 2.54. The lowest BCUT2D eigenvalue weighted by atomic mass is 10.1. The van der Waals surface area contributed by atoms with Crippen LogP contribution in [0.15, 0.2) is 110 Å². The number of hydrogen-bond donors (Lipinski definition) is 3. The van der Waals surface area contributed by atoms with Gasteiger partial charge in [0, 0.05) is 61.5 Å². The smallest absolute Gasteiger partial charge is 0.365 e. The first kappa shape index (κ1) is 44.8. The molecular formula is C42H43ClN8O7S2. The van der Waals surface area contributed by atoms with Crippen molar-refractivity contribution in [2.45, 2.75) is 51.0 Å². The highest BCUT2D eigenvalue weighted by Gasteiger charge is 2.37. The van der Waals surface area contributed by atoms with Gasteiger partial charge in [0.1, 0.15) is 24.3 Å². The van der Waals surface area contributed by atoms with Gasteiger partial charge in [-0.1, -0.05) is 60.7 Å². The summed E-state index contributed by atoms with van der Waals surface area (Å²) in [6.07, 6.45) is 7.10. The molecule has 6 heterocycles. The Morgan fingerprint density at radius 3 is 1.67 bits per heavy atom. The van der Waals surface area contributed by atoms with E-state index in [-0.39, 0.29) is 35.3 Å². The van der Waals surface area contributed by atoms with Crippen LogP contribution in [0, 0.1) is 0 Å². The monoisotopic (exact) mass is 870 g/mol. The van der Waals surface area contributed by atoms with Crippen molar-refractivity contribution in [3.63, 3.8) is 0 Å². The Labute approximate surface area is 360 Å². The third kappa shape index (κ3) is 11.1. The van der Waals surface area contributed by atoms with Gasteiger partial charge in [-0.05, 0) is 49.2 Å². The second-order valence-electron chi connectivity index (χ2n) is 13.5. The highest BCUT2D eigenvalue weighted by molar-refractivity contribution is 7.13. The number of nitrogens with one attached hydrogen (secondary N) is 1. The van der Waals surface area contributed by atoms with E-state index in [1.165, 1.54) is 32.5 Å². The second-order valence-corrected chi connectivity index (χ2v) is 15.7. The molecule has 4 N–H and O–H groups in total. The number of halogens is 1. The largest absolute Gasteiger partial charge is 0.485 e. The molecule has 2 aromatic carbocycles. The summed E-state index contributed by atoms with van der Waals surface area (Å²) in [5, 5.41) is 12.0. The van der Waals surface area contributed by atoms with E-state index in [4.69, 9.17) is 20.3 Å². The molecule has 0 saturated carbocycles. The number of anilines is 2. The van der Waals surface area contributed by atoms with Crippen molar-refractivity contribution in [3.8, 4) is 11.5 Å². The van der Waals surface area contributed by atoms with E-state index in [0.29, 0.717) is 34.6 Å². The van der Waals surface area contributed by atoms with Gasteiger partial charge in [0.15, 0.2) is 28.1 Å². The second kappa shape index (κ2) is 20.6. The number of carbonyl (C=O) groups is 4. The van der Waals surface area contributed by atoms with Crippen molar-refractivity contribution >= 4 is 70.4 Å². The first-order chi connectivity index (χ1) is 28.4. The summed E-state index contributed by atoms with van der Waals surface area (Å²) in [6, 6.07) is 25.5. The van der Waals surface area contributed by atoms with Gasteiger partial charge in [0.25, 0.3) is 11.8 Å². The molecule has 0 bridgehead atoms. The van der Waals surface area contributed by atoms with E-state index in [0.717, 1.165) is 27.3 Å². The van der Waals surface area contributed by atoms with Crippen molar-refractivity contribution in [2.24, 2.45) is 5.73 Å². The van der Waals surface area contributed by atoms with Gasteiger partial charge in [0.05, 0.1) is 0 Å². The van der Waals surface area contributed by atoms with E-state index >= 15 is 0 Å². The number of rotatable bonds is 7. The number of benzene rings is 2. The molecule has 0 radical (unpaired) electrons. The summed E-state index contributed by atoms with van der Waals surface area (Å²) in [7, 11) is 3.27. The average Bonchev–Trinajstić information content (AvgIpc) is 3.90. The number of hydrogen-bond acceptors (Lipinski definition) is 13. The van der Waals surface area contributed by atoms with Crippen LogP contribution in [-0.4, -0.2) is 87.1 Å². The average molecular weight is 871 g/mol. The number of aromatic carboxylic acids is 1. The third-order valence-corrected chi connectivity index (χ3v) is 11.1. The standard InChI is InChI=1S/C21H20N4O3S.C11H9NO2S.C10H13N3O2.ClH/c1-13-17(21(27)25(2)18-16(28-13)9-6-10-22-18)24-19(26)20-23-12-15(29-20)11-14-7-4-3-5-8-14;13-11(14)10-12-7-9(15-10)6-8-4-2-1-3-5-8;1-6-8(11)10(14)13(2)9-7(15-6)4-3-5-12-9;/h3-10,12-13,17H,11H2,1-2H3,(H,24,26);1-5,7H,6H2,(H,13,14);3-6,8H,11H2,1-2H3;1H/t13-,17+;;6-,8+;/m1.1./s1. The van der Waals surface area contributed by atoms with E-state index in [1.54, 1.807) is 77.0 Å². The SMILES string of the molecule is C[C@H]1Oc2cccnc2N(C)C(=O)[C@H]1N.C[C@H]1Oc2cccnc2N(C)C(=O)[C@H]1NC(=O)c1ncc(Cc2ccccc2)s1.Cl.O=C(O)c1ncc(Cc2ccccc2)s1. The molecule has 15 nitrogen and oxygen atoms in total. The number of pyridine rings is 2. The number of thiazole rings is 2. The molecule has 0 saturated heterocycles. The van der Waals surface area contributed by atoms with Crippen molar-refractivity contribution < 1.29 is 33.8 Å². The number of likely N-dealkylation sites (N-methyl/N-ethyl adjacent to an activating group) is 2. The number of ether oxygens (including phenoxy) is 2. The Morgan fingerprint density at radius 1 is 0.700 bits per heavy atom. The van der Waals surface area contributed by atoms with Crippen LogP contribution >= 0.6 is 35.1 Å². The predicted molar refractivity (Wildman–Crippen MR) is 232 cm³/mol. The fourth-order valence-electron chi connectivity index (χ4n) is 6.00. The van der Waals surface area contributed by atoms with Crippen LogP contribution in [0.3, 0.4) is 0 Å². The molecule has 6 aromatic rings. The van der Waals surface area contributed by atoms with Gasteiger partial charge in [-0.25, -0.2) is 24.7 Å². The van der Waals surface area contributed by atoms with Crippen molar-refractivity contribution in [1.29, 1.82) is 0 Å². The minimum Gasteiger partial charge on any atom is -0.485 e. The van der Waals surface area contributed by atoms with Gasteiger partial charge in [-0.15, -0.1) is 35.1 Å². The summed E-state index contributed by atoms with van der Waals surface area (Å²) in [5.74, 6) is 0.225. The van der Waals surface area contributed by atoms with Crippen LogP contribution in [0.1, 0.15) is 54.3 Å². The highest BCUT2D eigenvalue weighted by Crippen LogP contribution is 2.31. The molecule has 2 aliphatic rings. The van der Waals surface area contributed by atoms with Crippen LogP contribution in [0.4, 0.5) is 11.6 Å². The third-order valence-electron chi connectivity index (χ3n) is 9.16. The van der Waals surface area contributed by atoms with Crippen molar-refractivity contribution in [2.75, 3.05) is 23.9 Å². The first-order valence-corrected chi connectivity index (χ1v) is 20.1. The molecule has 0 aliphatic carbocycles. The van der Waals surface area contributed by atoms with Gasteiger partial charge in [-0.3, -0.25) is 24.2 Å². The van der Waals surface area contributed by atoms with Crippen LogP contribution in [-0.2, 0) is 22.4 Å². The van der Waals surface area contributed by atoms with Crippen LogP contribution < -0.4 is 30.3 Å². The Balaban J connectivity index is 0.000000186. The number of fused-ring (bicyclic) bond motifs is 2. The predicted octanol–water partition coefficient (Wildman–Crippen LogP) is 5.68. The Morgan fingerprint density at radius 2 is 1.17 bits per heavy atom. The fraction of sp³-hybridized carbons (Fsp3) is 0.238. The lowest BCUT2D eigenvalue weighted by Gasteiger charge is -2.23. The van der Waals surface area contributed by atoms with E-state index in [9.17, 15) is 19.2 Å². The molecule has 3 amide bonds. The number of carboxylic acids is 1. The summed E-state index contributed by atoms with van der Waals surface area (Å²) in [5.41, 5.74) is 8.06. The van der Waals surface area contributed by atoms with Crippen LogP contribution in [0.5, 0.6) is 11.5 Å². The zero-order chi connectivity index (χ0) is 42.1. The number of carbonyl (C=O) groups excluding carboxylic acids is 3. The van der Waals surface area contributed by atoms with Crippen LogP contribution in [0.25, 0.3) is 0 Å². The summed E-state index contributed by atoms with van der Waals surface area (Å²) < 4.78 is 11.4. The molecule has 18 heteroatoms. The maximum Gasteiger partial charge on any atom is 0.365 e. The minimum atomic E-state index is -0.959. The van der Waals surface area contributed by atoms with Crippen LogP contribution in [0.2, 0.25) is 0 Å². The summed E-state index contributed by atoms with van der Waals surface area (Å²) in [6.45, 7) is 3.53. The minimum absolute atomic E-state index is 0. The number of aromatic nitrogens is 4. The summed E-state index contributed by atoms with van der Waals surface area (Å²) in [4.78, 5) is 69.3. The maximum atomic E-state index is 12.9. The Hall–Kier alpha value is -6.27. The van der Waals surface area contributed by atoms with Crippen molar-refractivity contribution in [1.82, 2.24) is 25.3 Å². The van der Waals surface area contributed by atoms with Gasteiger partial charge in [0.2, 0.25) is 10.9 Å². The Kier molecular flexibility index (Phi) is 15.4. The zero-order valence-corrected chi connectivity index (χ0v) is 35.4. The first-order valence-electron chi connectivity index (χ1n) is 18.4. The van der Waals surface area contributed by atoms with Gasteiger partial charge < -0.3 is 25.6 Å².